The molecule has 2 amide bonds. The van der Waals surface area contributed by atoms with Gasteiger partial charge in [0.2, 0.25) is 5.91 Å². The van der Waals surface area contributed by atoms with E-state index in [-0.39, 0.29) is 24.4 Å². The number of nitrogen functional groups attached to an aromatic ring is 1. The van der Waals surface area contributed by atoms with Crippen molar-refractivity contribution in [2.45, 2.75) is 30.6 Å². The second kappa shape index (κ2) is 7.36. The van der Waals surface area contributed by atoms with Crippen LogP contribution in [0.3, 0.4) is 0 Å². The topological polar surface area (TPSA) is 84.2 Å². The van der Waals surface area contributed by atoms with Gasteiger partial charge in [-0.1, -0.05) is 0 Å². The fraction of sp³-hybridized carbons (Fsp3) is 0.467. The first-order valence-electron chi connectivity index (χ1n) is 7.04. The van der Waals surface area contributed by atoms with Crippen molar-refractivity contribution >= 4 is 29.3 Å². The molecule has 0 aliphatic heterocycles. The third-order valence-electron chi connectivity index (χ3n) is 3.67. The van der Waals surface area contributed by atoms with Gasteiger partial charge in [-0.25, -0.2) is 0 Å². The standard InChI is InChI=1S/C15H21N3O2S/c1-21-13-7-6-12(8-13)18-14(19)9-17-15(20)10-2-4-11(16)5-3-10/h2-5,12-13H,6-9,16H2,1H3,(H,17,20)(H,18,19). The van der Waals surface area contributed by atoms with E-state index in [4.69, 9.17) is 5.73 Å². The molecular formula is C15H21N3O2S. The van der Waals surface area contributed by atoms with Gasteiger partial charge >= 0.3 is 0 Å². The third-order valence-corrected chi connectivity index (χ3v) is 4.76. The molecule has 0 spiro atoms. The summed E-state index contributed by atoms with van der Waals surface area (Å²) >= 11 is 1.85. The van der Waals surface area contributed by atoms with E-state index in [1.54, 1.807) is 24.3 Å². The number of thioether (sulfide) groups is 1. The highest BCUT2D eigenvalue weighted by Crippen LogP contribution is 2.27. The fourth-order valence-electron chi connectivity index (χ4n) is 2.46. The normalized spacial score (nSPS) is 21.0. The number of anilines is 1. The Kier molecular flexibility index (Phi) is 5.50. The van der Waals surface area contributed by atoms with E-state index in [2.05, 4.69) is 16.9 Å². The van der Waals surface area contributed by atoms with Crippen LogP contribution in [0.2, 0.25) is 0 Å². The third kappa shape index (κ3) is 4.67. The maximum atomic E-state index is 11.9. The summed E-state index contributed by atoms with van der Waals surface area (Å²) in [7, 11) is 0. The summed E-state index contributed by atoms with van der Waals surface area (Å²) in [5.74, 6) is -0.399. The zero-order chi connectivity index (χ0) is 15.2. The van der Waals surface area contributed by atoms with Crippen LogP contribution >= 0.6 is 11.8 Å². The van der Waals surface area contributed by atoms with Gasteiger partial charge in [0.25, 0.3) is 5.91 Å². The molecule has 5 nitrogen and oxygen atoms in total. The maximum absolute atomic E-state index is 11.9. The van der Waals surface area contributed by atoms with Gasteiger partial charge in [0.05, 0.1) is 6.54 Å². The van der Waals surface area contributed by atoms with Crippen molar-refractivity contribution in [3.63, 3.8) is 0 Å². The average molecular weight is 307 g/mol. The Bertz CT molecular complexity index is 504. The van der Waals surface area contributed by atoms with Crippen molar-refractivity contribution in [2.75, 3.05) is 18.5 Å². The van der Waals surface area contributed by atoms with E-state index >= 15 is 0 Å². The SMILES string of the molecule is CSC1CCC(NC(=O)CNC(=O)c2ccc(N)cc2)C1. The Balaban J connectivity index is 1.74. The van der Waals surface area contributed by atoms with Crippen molar-refractivity contribution in [3.05, 3.63) is 29.8 Å². The van der Waals surface area contributed by atoms with Crippen molar-refractivity contribution in [2.24, 2.45) is 0 Å². The second-order valence-corrected chi connectivity index (χ2v) is 6.38. The van der Waals surface area contributed by atoms with Crippen molar-refractivity contribution < 1.29 is 9.59 Å². The van der Waals surface area contributed by atoms with Crippen LogP contribution in [0.4, 0.5) is 5.69 Å². The minimum atomic E-state index is -0.265. The van der Waals surface area contributed by atoms with Crippen LogP contribution in [0.1, 0.15) is 29.6 Å². The van der Waals surface area contributed by atoms with Crippen LogP contribution in [-0.4, -0.2) is 35.9 Å². The molecule has 1 fully saturated rings. The Hall–Kier alpha value is -1.69. The van der Waals surface area contributed by atoms with Crippen LogP contribution in [0.15, 0.2) is 24.3 Å². The van der Waals surface area contributed by atoms with Crippen molar-refractivity contribution in [3.8, 4) is 0 Å². The van der Waals surface area contributed by atoms with E-state index in [0.717, 1.165) is 19.3 Å². The van der Waals surface area contributed by atoms with Crippen molar-refractivity contribution in [1.29, 1.82) is 0 Å². The summed E-state index contributed by atoms with van der Waals surface area (Å²) in [5.41, 5.74) is 6.67. The molecular weight excluding hydrogens is 286 g/mol. The average Bonchev–Trinajstić information content (AvgIpc) is 2.93. The summed E-state index contributed by atoms with van der Waals surface area (Å²) in [5, 5.41) is 6.23. The number of hydrogen-bond donors (Lipinski definition) is 3. The number of rotatable bonds is 5. The van der Waals surface area contributed by atoms with Gasteiger partial charge in [-0.2, -0.15) is 11.8 Å². The lowest BCUT2D eigenvalue weighted by Gasteiger charge is -2.13. The number of carbonyl (C=O) groups is 2. The van der Waals surface area contributed by atoms with E-state index in [0.29, 0.717) is 16.5 Å². The zero-order valence-electron chi connectivity index (χ0n) is 12.1. The first kappa shape index (κ1) is 15.7. The van der Waals surface area contributed by atoms with Crippen LogP contribution in [0, 0.1) is 0 Å². The highest BCUT2D eigenvalue weighted by atomic mass is 32.2. The lowest BCUT2D eigenvalue weighted by molar-refractivity contribution is -0.120. The summed E-state index contributed by atoms with van der Waals surface area (Å²) in [6.45, 7) is 0.00362. The number of benzene rings is 1. The molecule has 4 N–H and O–H groups in total. The van der Waals surface area contributed by atoms with Crippen LogP contribution in [0.5, 0.6) is 0 Å². The van der Waals surface area contributed by atoms with E-state index in [9.17, 15) is 9.59 Å². The van der Waals surface area contributed by atoms with Crippen LogP contribution in [-0.2, 0) is 4.79 Å². The number of nitrogens with two attached hydrogens (primary N) is 1. The molecule has 0 heterocycles. The van der Waals surface area contributed by atoms with E-state index in [1.807, 2.05) is 11.8 Å². The molecule has 0 bridgehead atoms. The lowest BCUT2D eigenvalue weighted by atomic mass is 10.2. The first-order valence-corrected chi connectivity index (χ1v) is 8.33. The maximum Gasteiger partial charge on any atom is 0.251 e. The van der Waals surface area contributed by atoms with Gasteiger partial charge in [-0.3, -0.25) is 9.59 Å². The summed E-state index contributed by atoms with van der Waals surface area (Å²) in [6, 6.07) is 6.85. The van der Waals surface area contributed by atoms with Gasteiger partial charge in [-0.15, -0.1) is 0 Å². The summed E-state index contributed by atoms with van der Waals surface area (Å²) < 4.78 is 0. The highest BCUT2D eigenvalue weighted by molar-refractivity contribution is 7.99. The molecule has 1 aromatic carbocycles. The minimum absolute atomic E-state index is 0.00362. The predicted octanol–water partition coefficient (Wildman–Crippen LogP) is 1.40. The van der Waals surface area contributed by atoms with Gasteiger partial charge in [0.1, 0.15) is 0 Å². The molecule has 1 aromatic rings. The highest BCUT2D eigenvalue weighted by Gasteiger charge is 2.25. The first-order chi connectivity index (χ1) is 10.1. The molecule has 0 aromatic heterocycles. The summed E-state index contributed by atoms with van der Waals surface area (Å²) in [4.78, 5) is 23.7. The fourth-order valence-corrected chi connectivity index (χ4v) is 3.26. The predicted molar refractivity (Wildman–Crippen MR) is 86.3 cm³/mol. The smallest absolute Gasteiger partial charge is 0.251 e. The van der Waals surface area contributed by atoms with Crippen molar-refractivity contribution in [1.82, 2.24) is 10.6 Å². The molecule has 1 saturated carbocycles. The number of nitrogens with one attached hydrogen (secondary N) is 2. The minimum Gasteiger partial charge on any atom is -0.399 e. The van der Waals surface area contributed by atoms with Gasteiger partial charge in [-0.05, 0) is 49.8 Å². The molecule has 2 rings (SSSR count). The molecule has 0 radical (unpaired) electrons. The number of hydrogen-bond acceptors (Lipinski definition) is 4. The van der Waals surface area contributed by atoms with Gasteiger partial charge in [0.15, 0.2) is 0 Å². The molecule has 1 aliphatic carbocycles. The second-order valence-electron chi connectivity index (χ2n) is 5.24. The van der Waals surface area contributed by atoms with Gasteiger partial charge in [0, 0.05) is 22.5 Å². The number of carbonyl (C=O) groups excluding carboxylic acids is 2. The largest absolute Gasteiger partial charge is 0.399 e. The molecule has 2 atom stereocenters. The molecule has 21 heavy (non-hydrogen) atoms. The Morgan fingerprint density at radius 3 is 2.62 bits per heavy atom. The van der Waals surface area contributed by atoms with Crippen LogP contribution < -0.4 is 16.4 Å². The zero-order valence-corrected chi connectivity index (χ0v) is 12.9. The molecule has 6 heteroatoms. The Morgan fingerprint density at radius 2 is 2.00 bits per heavy atom. The molecule has 2 unspecified atom stereocenters. The Morgan fingerprint density at radius 1 is 1.29 bits per heavy atom. The molecule has 114 valence electrons. The monoisotopic (exact) mass is 307 g/mol. The molecule has 0 saturated heterocycles. The van der Waals surface area contributed by atoms with Gasteiger partial charge < -0.3 is 16.4 Å². The number of amides is 2. The summed E-state index contributed by atoms with van der Waals surface area (Å²) in [6.07, 6.45) is 5.27. The van der Waals surface area contributed by atoms with Crippen LogP contribution in [0.25, 0.3) is 0 Å². The quantitative estimate of drug-likeness (QED) is 0.718. The van der Waals surface area contributed by atoms with E-state index in [1.165, 1.54) is 0 Å². The molecule has 1 aliphatic rings. The van der Waals surface area contributed by atoms with E-state index < -0.39 is 0 Å². The Labute approximate surface area is 129 Å². The lowest BCUT2D eigenvalue weighted by Crippen LogP contribution is -2.41.